The molecule has 0 bridgehead atoms. The molecule has 4 rings (SSSR count). The standard InChI is InChI=1S/C30H34N4OS/c1-21(2)19-24-15-17-25(18-16-24)22(3)29-32-33-30(34(29)27-13-9-6-10-14-27)36-20-28(35)31-23(4)26-11-7-5-8-12-26/h5-18,21-23H,19-20H2,1-4H3,(H,31,35). The molecule has 5 nitrogen and oxygen atoms in total. The monoisotopic (exact) mass is 498 g/mol. The molecule has 3 aromatic carbocycles. The van der Waals surface area contributed by atoms with E-state index < -0.39 is 0 Å². The van der Waals surface area contributed by atoms with Gasteiger partial charge in [-0.3, -0.25) is 9.36 Å². The van der Waals surface area contributed by atoms with Crippen LogP contribution in [0.5, 0.6) is 0 Å². The fraction of sp³-hybridized carbons (Fsp3) is 0.300. The maximum Gasteiger partial charge on any atom is 0.230 e. The van der Waals surface area contributed by atoms with E-state index in [4.69, 9.17) is 0 Å². The summed E-state index contributed by atoms with van der Waals surface area (Å²) in [5, 5.41) is 12.9. The molecule has 1 N–H and O–H groups in total. The topological polar surface area (TPSA) is 59.8 Å². The molecule has 1 aromatic heterocycles. The number of hydrogen-bond acceptors (Lipinski definition) is 4. The molecule has 0 spiro atoms. The van der Waals surface area contributed by atoms with E-state index >= 15 is 0 Å². The SMILES string of the molecule is CC(C)Cc1ccc(C(C)c2nnc(SCC(=O)NC(C)c3ccccc3)n2-c2ccccc2)cc1. The van der Waals surface area contributed by atoms with E-state index in [2.05, 4.69) is 65.1 Å². The summed E-state index contributed by atoms with van der Waals surface area (Å²) in [5.74, 6) is 1.77. The number of hydrogen-bond donors (Lipinski definition) is 1. The minimum absolute atomic E-state index is 0.0331. The first-order valence-corrected chi connectivity index (χ1v) is 13.5. The lowest BCUT2D eigenvalue weighted by molar-refractivity contribution is -0.119. The predicted molar refractivity (Wildman–Crippen MR) is 148 cm³/mol. The van der Waals surface area contributed by atoms with Crippen LogP contribution < -0.4 is 5.32 Å². The molecule has 6 heteroatoms. The van der Waals surface area contributed by atoms with E-state index in [9.17, 15) is 4.79 Å². The van der Waals surface area contributed by atoms with E-state index in [1.165, 1.54) is 22.9 Å². The van der Waals surface area contributed by atoms with Gasteiger partial charge in [-0.1, -0.05) is 105 Å². The van der Waals surface area contributed by atoms with Crippen LogP contribution in [-0.2, 0) is 11.2 Å². The molecule has 1 amide bonds. The normalized spacial score (nSPS) is 12.9. The number of nitrogens with zero attached hydrogens (tertiary/aromatic N) is 3. The highest BCUT2D eigenvalue weighted by atomic mass is 32.2. The van der Waals surface area contributed by atoms with Gasteiger partial charge < -0.3 is 5.32 Å². The lowest BCUT2D eigenvalue weighted by Crippen LogP contribution is -2.28. The Morgan fingerprint density at radius 1 is 0.833 bits per heavy atom. The fourth-order valence-corrected chi connectivity index (χ4v) is 5.05. The van der Waals surface area contributed by atoms with Gasteiger partial charge in [-0.15, -0.1) is 10.2 Å². The lowest BCUT2D eigenvalue weighted by atomic mass is 9.96. The average molecular weight is 499 g/mol. The van der Waals surface area contributed by atoms with Crippen molar-refractivity contribution in [2.45, 2.75) is 51.2 Å². The molecular formula is C30H34N4OS. The minimum Gasteiger partial charge on any atom is -0.349 e. The van der Waals surface area contributed by atoms with Gasteiger partial charge in [0, 0.05) is 11.6 Å². The molecule has 0 saturated heterocycles. The van der Waals surface area contributed by atoms with E-state index in [0.29, 0.717) is 11.1 Å². The fourth-order valence-electron chi connectivity index (χ4n) is 4.28. The van der Waals surface area contributed by atoms with Crippen molar-refractivity contribution in [1.29, 1.82) is 0 Å². The van der Waals surface area contributed by atoms with Crippen LogP contribution in [0.1, 0.15) is 62.2 Å². The third-order valence-electron chi connectivity index (χ3n) is 6.19. The van der Waals surface area contributed by atoms with Crippen LogP contribution in [0.4, 0.5) is 0 Å². The molecule has 186 valence electrons. The predicted octanol–water partition coefficient (Wildman–Crippen LogP) is 6.59. The number of nitrogens with one attached hydrogen (secondary N) is 1. The summed E-state index contributed by atoms with van der Waals surface area (Å²) in [6, 6.07) is 28.8. The first-order chi connectivity index (χ1) is 17.4. The largest absolute Gasteiger partial charge is 0.349 e. The molecule has 2 unspecified atom stereocenters. The number of para-hydroxylation sites is 1. The number of thioether (sulfide) groups is 1. The molecule has 0 aliphatic rings. The van der Waals surface area contributed by atoms with E-state index in [0.717, 1.165) is 23.5 Å². The Morgan fingerprint density at radius 2 is 1.47 bits per heavy atom. The van der Waals surface area contributed by atoms with Crippen LogP contribution in [0.2, 0.25) is 0 Å². The summed E-state index contributed by atoms with van der Waals surface area (Å²) in [4.78, 5) is 12.7. The van der Waals surface area contributed by atoms with Crippen LogP contribution >= 0.6 is 11.8 Å². The van der Waals surface area contributed by atoms with Gasteiger partial charge in [0.1, 0.15) is 5.82 Å². The number of rotatable bonds is 10. The Hall–Kier alpha value is -3.38. The van der Waals surface area contributed by atoms with Gasteiger partial charge in [0.05, 0.1) is 11.8 Å². The van der Waals surface area contributed by atoms with Crippen molar-refractivity contribution in [3.63, 3.8) is 0 Å². The van der Waals surface area contributed by atoms with Gasteiger partial charge in [-0.25, -0.2) is 0 Å². The van der Waals surface area contributed by atoms with Crippen molar-refractivity contribution in [3.05, 3.63) is 107 Å². The van der Waals surface area contributed by atoms with Crippen LogP contribution in [0, 0.1) is 5.92 Å². The summed E-state index contributed by atoms with van der Waals surface area (Å²) in [6.45, 7) is 8.63. The van der Waals surface area contributed by atoms with Gasteiger partial charge >= 0.3 is 0 Å². The van der Waals surface area contributed by atoms with Crippen LogP contribution in [0.15, 0.2) is 90.1 Å². The Morgan fingerprint density at radius 3 is 2.11 bits per heavy atom. The molecular weight excluding hydrogens is 464 g/mol. The second-order valence-electron chi connectivity index (χ2n) is 9.56. The molecule has 0 aliphatic heterocycles. The van der Waals surface area contributed by atoms with Crippen molar-refractivity contribution in [3.8, 4) is 5.69 Å². The zero-order valence-corrected chi connectivity index (χ0v) is 22.2. The molecule has 1 heterocycles. The molecule has 0 saturated carbocycles. The maximum atomic E-state index is 12.7. The molecule has 0 aliphatic carbocycles. The second-order valence-corrected chi connectivity index (χ2v) is 10.5. The van der Waals surface area contributed by atoms with Crippen molar-refractivity contribution in [2.75, 3.05) is 5.75 Å². The summed E-state index contributed by atoms with van der Waals surface area (Å²) >= 11 is 1.41. The summed E-state index contributed by atoms with van der Waals surface area (Å²) in [6.07, 6.45) is 1.07. The molecule has 4 aromatic rings. The van der Waals surface area contributed by atoms with E-state index in [1.807, 2.05) is 67.6 Å². The molecule has 0 radical (unpaired) electrons. The number of amides is 1. The lowest BCUT2D eigenvalue weighted by Gasteiger charge is -2.16. The van der Waals surface area contributed by atoms with Gasteiger partial charge in [-0.2, -0.15) is 0 Å². The quantitative estimate of drug-likeness (QED) is 0.251. The number of aromatic nitrogens is 3. The summed E-state index contributed by atoms with van der Waals surface area (Å²) in [5.41, 5.74) is 4.61. The average Bonchev–Trinajstić information content (AvgIpc) is 3.32. The van der Waals surface area contributed by atoms with E-state index in [-0.39, 0.29) is 23.6 Å². The Labute approximate surface area is 218 Å². The first-order valence-electron chi connectivity index (χ1n) is 12.5. The number of benzene rings is 3. The van der Waals surface area contributed by atoms with Gasteiger partial charge in [-0.05, 0) is 48.1 Å². The molecule has 36 heavy (non-hydrogen) atoms. The van der Waals surface area contributed by atoms with E-state index in [1.54, 1.807) is 0 Å². The number of carbonyl (C=O) groups is 1. The molecule has 2 atom stereocenters. The van der Waals surface area contributed by atoms with Crippen LogP contribution in [-0.4, -0.2) is 26.4 Å². The Bertz CT molecular complexity index is 1250. The third kappa shape index (κ3) is 6.43. The van der Waals surface area contributed by atoms with Gasteiger partial charge in [0.2, 0.25) is 5.91 Å². The Kier molecular flexibility index (Phi) is 8.60. The highest BCUT2D eigenvalue weighted by Crippen LogP contribution is 2.30. The second kappa shape index (κ2) is 12.0. The molecule has 0 fully saturated rings. The highest BCUT2D eigenvalue weighted by Gasteiger charge is 2.22. The van der Waals surface area contributed by atoms with Gasteiger partial charge in [0.25, 0.3) is 0 Å². The van der Waals surface area contributed by atoms with Crippen molar-refractivity contribution in [1.82, 2.24) is 20.1 Å². The maximum absolute atomic E-state index is 12.7. The zero-order valence-electron chi connectivity index (χ0n) is 21.4. The zero-order chi connectivity index (χ0) is 25.5. The van der Waals surface area contributed by atoms with Crippen molar-refractivity contribution >= 4 is 17.7 Å². The third-order valence-corrected chi connectivity index (χ3v) is 7.12. The number of carbonyl (C=O) groups excluding carboxylic acids is 1. The summed E-state index contributed by atoms with van der Waals surface area (Å²) in [7, 11) is 0. The van der Waals surface area contributed by atoms with Crippen molar-refractivity contribution < 1.29 is 4.79 Å². The van der Waals surface area contributed by atoms with Crippen molar-refractivity contribution in [2.24, 2.45) is 5.92 Å². The van der Waals surface area contributed by atoms with Crippen LogP contribution in [0.3, 0.4) is 0 Å². The Balaban J connectivity index is 1.53. The highest BCUT2D eigenvalue weighted by molar-refractivity contribution is 7.99. The van der Waals surface area contributed by atoms with Crippen LogP contribution in [0.25, 0.3) is 5.69 Å². The smallest absolute Gasteiger partial charge is 0.230 e. The summed E-state index contributed by atoms with van der Waals surface area (Å²) < 4.78 is 2.07. The minimum atomic E-state index is -0.0551. The van der Waals surface area contributed by atoms with Gasteiger partial charge in [0.15, 0.2) is 5.16 Å². The first kappa shape index (κ1) is 25.7.